The predicted molar refractivity (Wildman–Crippen MR) is 56.5 cm³/mol. The fraction of sp³-hybridized carbons (Fsp3) is 0.364. The van der Waals surface area contributed by atoms with E-state index in [0.29, 0.717) is 17.1 Å². The lowest BCUT2D eigenvalue weighted by Gasteiger charge is -2.17. The van der Waals surface area contributed by atoms with Crippen LogP contribution in [0.25, 0.3) is 0 Å². The van der Waals surface area contributed by atoms with Gasteiger partial charge in [0.1, 0.15) is 5.92 Å². The lowest BCUT2D eigenvalue weighted by atomic mass is 10.1. The summed E-state index contributed by atoms with van der Waals surface area (Å²) in [7, 11) is 0. The van der Waals surface area contributed by atoms with Gasteiger partial charge in [-0.1, -0.05) is 0 Å². The maximum atomic E-state index is 12.5. The molecule has 1 N–H and O–H groups in total. The number of amides is 1. The second-order valence-electron chi connectivity index (χ2n) is 4.17. The highest BCUT2D eigenvalue weighted by atomic mass is 19.4. The average Bonchev–Trinajstić information content (AvgIpc) is 2.70. The number of carbonyl (C=O) groups excluding carboxylic acids is 1. The van der Waals surface area contributed by atoms with Crippen LogP contribution in [0.2, 0.25) is 0 Å². The number of hydrogen-bond acceptors (Lipinski definition) is 2. The lowest BCUT2D eigenvalue weighted by molar-refractivity contribution is -0.174. The Labute approximate surface area is 109 Å². The number of nitrogens with one attached hydrogen (secondary N) is 1. The number of hydrogen-bond donors (Lipinski definition) is 1. The van der Waals surface area contributed by atoms with Gasteiger partial charge in [-0.25, -0.2) is 10.4 Å². The quantitative estimate of drug-likeness (QED) is 0.809. The zero-order chi connectivity index (χ0) is 15.1. The fourth-order valence-electron chi connectivity index (χ4n) is 1.78. The van der Waals surface area contributed by atoms with E-state index in [9.17, 15) is 31.1 Å². The van der Waals surface area contributed by atoms with E-state index in [1.54, 1.807) is 0 Å². The average molecular weight is 298 g/mol. The maximum Gasteiger partial charge on any atom is 0.416 e. The Morgan fingerprint density at radius 1 is 1.05 bits per heavy atom. The Hall–Kier alpha value is -1.77. The van der Waals surface area contributed by atoms with Crippen molar-refractivity contribution in [1.82, 2.24) is 5.43 Å². The molecule has 1 aliphatic rings. The van der Waals surface area contributed by atoms with Crippen LogP contribution in [-0.2, 0) is 11.0 Å². The SMILES string of the molecule is O=C1C(C(F)(F)F)CNN1c1ccc(C(F)(F)F)cc1. The molecule has 1 aliphatic heterocycles. The lowest BCUT2D eigenvalue weighted by Crippen LogP contribution is -2.36. The van der Waals surface area contributed by atoms with Gasteiger partial charge in [0, 0.05) is 6.54 Å². The van der Waals surface area contributed by atoms with Crippen molar-refractivity contribution in [3.63, 3.8) is 0 Å². The molecule has 2 rings (SSSR count). The third-order valence-electron chi connectivity index (χ3n) is 2.82. The molecular formula is C11H8F6N2O. The number of alkyl halides is 6. The molecule has 1 heterocycles. The monoisotopic (exact) mass is 298 g/mol. The van der Waals surface area contributed by atoms with Gasteiger partial charge in [-0.2, -0.15) is 26.3 Å². The van der Waals surface area contributed by atoms with Gasteiger partial charge in [-0.05, 0) is 24.3 Å². The Bertz CT molecular complexity index is 507. The van der Waals surface area contributed by atoms with E-state index >= 15 is 0 Å². The van der Waals surface area contributed by atoms with E-state index in [4.69, 9.17) is 0 Å². The number of nitrogens with zero attached hydrogens (tertiary/aromatic N) is 1. The van der Waals surface area contributed by atoms with E-state index in [-0.39, 0.29) is 5.69 Å². The molecule has 0 aromatic heterocycles. The molecule has 110 valence electrons. The molecule has 20 heavy (non-hydrogen) atoms. The van der Waals surface area contributed by atoms with Gasteiger partial charge in [0.15, 0.2) is 0 Å². The van der Waals surface area contributed by atoms with Crippen molar-refractivity contribution in [3.05, 3.63) is 29.8 Å². The molecule has 1 aromatic rings. The minimum absolute atomic E-state index is 0.0743. The van der Waals surface area contributed by atoms with Crippen molar-refractivity contribution in [3.8, 4) is 0 Å². The van der Waals surface area contributed by atoms with Crippen LogP contribution in [0.5, 0.6) is 0 Å². The summed E-state index contributed by atoms with van der Waals surface area (Å²) in [5, 5.41) is 0.609. The molecule has 1 fully saturated rings. The Balaban J connectivity index is 2.20. The van der Waals surface area contributed by atoms with E-state index in [1.807, 2.05) is 0 Å². The molecule has 9 heteroatoms. The predicted octanol–water partition coefficient (Wildman–Crippen LogP) is 2.74. The second kappa shape index (κ2) is 4.65. The van der Waals surface area contributed by atoms with E-state index in [0.717, 1.165) is 12.1 Å². The van der Waals surface area contributed by atoms with Crippen molar-refractivity contribution in [2.24, 2.45) is 5.92 Å². The number of benzene rings is 1. The summed E-state index contributed by atoms with van der Waals surface area (Å²) in [6.45, 7) is -0.636. The van der Waals surface area contributed by atoms with Crippen LogP contribution in [0.1, 0.15) is 5.56 Å². The van der Waals surface area contributed by atoms with Gasteiger partial charge in [-0.3, -0.25) is 4.79 Å². The Morgan fingerprint density at radius 3 is 2.00 bits per heavy atom. The third kappa shape index (κ3) is 2.72. The first-order valence-corrected chi connectivity index (χ1v) is 5.42. The molecule has 0 spiro atoms. The molecule has 1 aromatic carbocycles. The largest absolute Gasteiger partial charge is 0.416 e. The van der Waals surface area contributed by atoms with Gasteiger partial charge in [0.2, 0.25) is 0 Å². The van der Waals surface area contributed by atoms with Crippen molar-refractivity contribution in [2.45, 2.75) is 12.4 Å². The van der Waals surface area contributed by atoms with Gasteiger partial charge in [0.05, 0.1) is 11.3 Å². The molecule has 1 saturated heterocycles. The first-order valence-electron chi connectivity index (χ1n) is 5.42. The third-order valence-corrected chi connectivity index (χ3v) is 2.82. The minimum Gasteiger partial charge on any atom is -0.272 e. The van der Waals surface area contributed by atoms with Crippen molar-refractivity contribution < 1.29 is 31.1 Å². The molecule has 0 aliphatic carbocycles. The molecule has 0 saturated carbocycles. The normalized spacial score (nSPS) is 20.6. The summed E-state index contributed by atoms with van der Waals surface area (Å²) in [4.78, 5) is 11.6. The summed E-state index contributed by atoms with van der Waals surface area (Å²) < 4.78 is 74.5. The summed E-state index contributed by atoms with van der Waals surface area (Å²) in [5.41, 5.74) is 1.20. The number of halogens is 6. The topological polar surface area (TPSA) is 32.3 Å². The zero-order valence-corrected chi connectivity index (χ0v) is 9.72. The Morgan fingerprint density at radius 2 is 1.60 bits per heavy atom. The molecule has 1 unspecified atom stereocenters. The fourth-order valence-corrected chi connectivity index (χ4v) is 1.78. The molecule has 0 bridgehead atoms. The van der Waals surface area contributed by atoms with Crippen LogP contribution < -0.4 is 10.4 Å². The van der Waals surface area contributed by atoms with Gasteiger partial charge in [-0.15, -0.1) is 0 Å². The van der Waals surface area contributed by atoms with Gasteiger partial charge < -0.3 is 0 Å². The van der Waals surface area contributed by atoms with Crippen LogP contribution >= 0.6 is 0 Å². The number of rotatable bonds is 1. The van der Waals surface area contributed by atoms with Crippen LogP contribution in [0, 0.1) is 5.92 Å². The molecular weight excluding hydrogens is 290 g/mol. The van der Waals surface area contributed by atoms with Crippen LogP contribution in [-0.4, -0.2) is 18.6 Å². The summed E-state index contributed by atoms with van der Waals surface area (Å²) in [6.07, 6.45) is -9.24. The van der Waals surface area contributed by atoms with Crippen LogP contribution in [0.4, 0.5) is 32.0 Å². The molecule has 0 radical (unpaired) electrons. The highest BCUT2D eigenvalue weighted by Gasteiger charge is 2.50. The van der Waals surface area contributed by atoms with E-state index < -0.39 is 36.3 Å². The van der Waals surface area contributed by atoms with Gasteiger partial charge >= 0.3 is 12.4 Å². The molecule has 1 atom stereocenters. The maximum absolute atomic E-state index is 12.5. The zero-order valence-electron chi connectivity index (χ0n) is 9.72. The van der Waals surface area contributed by atoms with Crippen molar-refractivity contribution in [2.75, 3.05) is 11.6 Å². The van der Waals surface area contributed by atoms with E-state index in [1.165, 1.54) is 0 Å². The molecule has 1 amide bonds. The summed E-state index contributed by atoms with van der Waals surface area (Å²) in [5.74, 6) is -3.43. The van der Waals surface area contributed by atoms with Crippen LogP contribution in [0.15, 0.2) is 24.3 Å². The molecule has 3 nitrogen and oxygen atoms in total. The standard InChI is InChI=1S/C11H8F6N2O/c12-10(13,14)6-1-3-7(4-2-6)19-9(20)8(5-18-19)11(15,16)17/h1-4,8,18H,5H2. The Kier molecular flexibility index (Phi) is 3.41. The number of hydrazine groups is 1. The summed E-state index contributed by atoms with van der Waals surface area (Å²) >= 11 is 0. The first-order chi connectivity index (χ1) is 9.10. The highest BCUT2D eigenvalue weighted by Crippen LogP contribution is 2.34. The highest BCUT2D eigenvalue weighted by molar-refractivity contribution is 5.96. The number of anilines is 1. The van der Waals surface area contributed by atoms with E-state index in [2.05, 4.69) is 5.43 Å². The first kappa shape index (κ1) is 14.6. The summed E-state index contributed by atoms with van der Waals surface area (Å²) in [6, 6.07) is 3.27. The van der Waals surface area contributed by atoms with Gasteiger partial charge in [0.25, 0.3) is 5.91 Å². The van der Waals surface area contributed by atoms with Crippen LogP contribution in [0.3, 0.4) is 0 Å². The number of carbonyl (C=O) groups is 1. The second-order valence-corrected chi connectivity index (χ2v) is 4.17. The van der Waals surface area contributed by atoms with Crippen molar-refractivity contribution >= 4 is 11.6 Å². The smallest absolute Gasteiger partial charge is 0.272 e. The minimum atomic E-state index is -4.69. The van der Waals surface area contributed by atoms with Crippen molar-refractivity contribution in [1.29, 1.82) is 0 Å².